The van der Waals surface area contributed by atoms with Crippen LogP contribution in [0.2, 0.25) is 0 Å². The number of nitrogen functional groups attached to an aromatic ring is 2. The van der Waals surface area contributed by atoms with Crippen LogP contribution in [0.5, 0.6) is 0 Å². The number of nitrogens with one attached hydrogen (secondary N) is 2. The highest BCUT2D eigenvalue weighted by Crippen LogP contribution is 2.16. The quantitative estimate of drug-likeness (QED) is 0.367. The van der Waals surface area contributed by atoms with Gasteiger partial charge in [-0.15, -0.1) is 0 Å². The molecule has 0 aliphatic rings. The molecular formula is C16H33N6+. The van der Waals surface area contributed by atoms with E-state index in [-0.39, 0.29) is 0 Å². The second-order valence-electron chi connectivity index (χ2n) is 6.12. The summed E-state index contributed by atoms with van der Waals surface area (Å²) in [7, 11) is 2.35. The molecule has 0 aliphatic heterocycles. The van der Waals surface area contributed by atoms with E-state index in [2.05, 4.69) is 36.5 Å². The zero-order valence-electron chi connectivity index (χ0n) is 14.4. The lowest BCUT2D eigenvalue weighted by atomic mass is 10.3. The first-order valence-electron chi connectivity index (χ1n) is 8.30. The van der Waals surface area contributed by atoms with Gasteiger partial charge in [0.1, 0.15) is 5.82 Å². The van der Waals surface area contributed by atoms with Crippen LogP contribution in [0.4, 0.5) is 17.2 Å². The average molecular weight is 309 g/mol. The fraction of sp³-hybridized carbons (Fsp3) is 0.688. The number of nitrogens with two attached hydrogens (primary N) is 2. The van der Waals surface area contributed by atoms with Crippen LogP contribution in [0.25, 0.3) is 0 Å². The Labute approximate surface area is 134 Å². The Hall–Kier alpha value is -1.53. The SMILES string of the molecule is CCC[N+](C)(CC)CCCNCCNc1ncc(N)cc1N. The van der Waals surface area contributed by atoms with Gasteiger partial charge in [-0.25, -0.2) is 4.98 Å². The van der Waals surface area contributed by atoms with Crippen LogP contribution in [0.15, 0.2) is 12.3 Å². The van der Waals surface area contributed by atoms with Crippen LogP contribution < -0.4 is 22.1 Å². The van der Waals surface area contributed by atoms with Crippen molar-refractivity contribution >= 4 is 17.2 Å². The van der Waals surface area contributed by atoms with E-state index in [0.717, 1.165) is 19.6 Å². The van der Waals surface area contributed by atoms with Crippen LogP contribution in [0.1, 0.15) is 26.7 Å². The van der Waals surface area contributed by atoms with Gasteiger partial charge in [0.15, 0.2) is 0 Å². The Bertz CT molecular complexity index is 437. The molecule has 0 aromatic carbocycles. The number of quaternary nitrogens is 1. The molecule has 0 bridgehead atoms. The second kappa shape index (κ2) is 9.48. The molecule has 1 aromatic heterocycles. The molecule has 0 aliphatic carbocycles. The maximum Gasteiger partial charge on any atom is 0.149 e. The largest absolute Gasteiger partial charge is 0.397 e. The monoisotopic (exact) mass is 309 g/mol. The van der Waals surface area contributed by atoms with Crippen LogP contribution in [-0.4, -0.2) is 55.8 Å². The summed E-state index contributed by atoms with van der Waals surface area (Å²) in [4.78, 5) is 4.18. The summed E-state index contributed by atoms with van der Waals surface area (Å²) in [6.07, 6.45) is 4.06. The van der Waals surface area contributed by atoms with Crippen LogP contribution in [-0.2, 0) is 0 Å². The van der Waals surface area contributed by atoms with Gasteiger partial charge in [0.25, 0.3) is 0 Å². The molecule has 0 radical (unpaired) electrons. The molecule has 0 fully saturated rings. The highest BCUT2D eigenvalue weighted by Gasteiger charge is 2.16. The summed E-state index contributed by atoms with van der Waals surface area (Å²) in [5, 5.41) is 6.68. The Morgan fingerprint density at radius 1 is 1.14 bits per heavy atom. The molecule has 1 heterocycles. The molecule has 1 unspecified atom stereocenters. The molecule has 6 N–H and O–H groups in total. The lowest BCUT2D eigenvalue weighted by molar-refractivity contribution is -0.908. The van der Waals surface area contributed by atoms with Crippen molar-refractivity contribution in [3.63, 3.8) is 0 Å². The summed E-state index contributed by atoms with van der Waals surface area (Å²) in [6, 6.07) is 1.72. The number of rotatable bonds is 11. The topological polar surface area (TPSA) is 89.0 Å². The standard InChI is InChI=1S/C16H33N6/c1-4-10-22(3,5-2)11-6-7-19-8-9-20-16-15(18)12-14(17)13-21-16/h12-13,19H,4-11,17-18H2,1-3H3,(H,20,21)/q+1. The van der Waals surface area contributed by atoms with Gasteiger partial charge in [0.05, 0.1) is 44.3 Å². The van der Waals surface area contributed by atoms with E-state index >= 15 is 0 Å². The Kier molecular flexibility index (Phi) is 7.98. The van der Waals surface area contributed by atoms with E-state index in [1.54, 1.807) is 12.3 Å². The lowest BCUT2D eigenvalue weighted by Crippen LogP contribution is -2.45. The van der Waals surface area contributed by atoms with Crippen molar-refractivity contribution in [1.82, 2.24) is 10.3 Å². The third-order valence-electron chi connectivity index (χ3n) is 4.11. The van der Waals surface area contributed by atoms with E-state index in [0.29, 0.717) is 17.2 Å². The molecule has 1 aromatic rings. The van der Waals surface area contributed by atoms with Crippen molar-refractivity contribution in [2.45, 2.75) is 26.7 Å². The summed E-state index contributed by atoms with van der Waals surface area (Å²) in [5.41, 5.74) is 12.7. The molecule has 0 saturated carbocycles. The molecule has 6 heteroatoms. The van der Waals surface area contributed by atoms with Crippen molar-refractivity contribution in [1.29, 1.82) is 0 Å². The second-order valence-corrected chi connectivity index (χ2v) is 6.12. The number of pyridine rings is 1. The molecule has 1 rings (SSSR count). The van der Waals surface area contributed by atoms with Crippen molar-refractivity contribution in [3.8, 4) is 0 Å². The molecule has 22 heavy (non-hydrogen) atoms. The van der Waals surface area contributed by atoms with Crippen molar-refractivity contribution < 1.29 is 4.48 Å². The third kappa shape index (κ3) is 6.49. The third-order valence-corrected chi connectivity index (χ3v) is 4.11. The van der Waals surface area contributed by atoms with Crippen LogP contribution in [0.3, 0.4) is 0 Å². The highest BCUT2D eigenvalue weighted by atomic mass is 15.3. The predicted molar refractivity (Wildman–Crippen MR) is 95.8 cm³/mol. The number of hydrogen-bond acceptors (Lipinski definition) is 5. The van der Waals surface area contributed by atoms with E-state index in [1.165, 1.54) is 37.0 Å². The van der Waals surface area contributed by atoms with Gasteiger partial charge in [-0.2, -0.15) is 0 Å². The summed E-state index contributed by atoms with van der Waals surface area (Å²) in [6.45, 7) is 11.0. The van der Waals surface area contributed by atoms with Gasteiger partial charge in [0.2, 0.25) is 0 Å². The zero-order chi connectivity index (χ0) is 16.4. The zero-order valence-corrected chi connectivity index (χ0v) is 14.4. The first kappa shape index (κ1) is 18.5. The maximum atomic E-state index is 5.85. The van der Waals surface area contributed by atoms with Crippen LogP contribution in [0, 0.1) is 0 Å². The minimum atomic E-state index is 0.588. The van der Waals surface area contributed by atoms with Crippen molar-refractivity contribution in [2.75, 3.05) is 63.1 Å². The fourth-order valence-corrected chi connectivity index (χ4v) is 2.59. The van der Waals surface area contributed by atoms with Gasteiger partial charge in [0, 0.05) is 26.1 Å². The predicted octanol–water partition coefficient (Wildman–Crippen LogP) is 1.51. The number of hydrogen-bond donors (Lipinski definition) is 4. The summed E-state index contributed by atoms with van der Waals surface area (Å²) in [5.74, 6) is 0.703. The number of anilines is 3. The van der Waals surface area contributed by atoms with Gasteiger partial charge in [-0.1, -0.05) is 6.92 Å². The average Bonchev–Trinajstić information content (AvgIpc) is 2.48. The smallest absolute Gasteiger partial charge is 0.149 e. The van der Waals surface area contributed by atoms with Crippen molar-refractivity contribution in [3.05, 3.63) is 12.3 Å². The lowest BCUT2D eigenvalue weighted by Gasteiger charge is -2.33. The first-order valence-corrected chi connectivity index (χ1v) is 8.30. The highest BCUT2D eigenvalue weighted by molar-refractivity contribution is 5.65. The fourth-order valence-electron chi connectivity index (χ4n) is 2.59. The van der Waals surface area contributed by atoms with E-state index in [4.69, 9.17) is 11.5 Å². The van der Waals surface area contributed by atoms with E-state index < -0.39 is 0 Å². The normalized spacial score (nSPS) is 13.8. The molecule has 0 amide bonds. The molecule has 0 saturated heterocycles. The number of nitrogens with zero attached hydrogens (tertiary/aromatic N) is 2. The molecule has 6 nitrogen and oxygen atoms in total. The molecule has 0 spiro atoms. The number of aromatic nitrogens is 1. The van der Waals surface area contributed by atoms with E-state index in [9.17, 15) is 0 Å². The molecule has 1 atom stereocenters. The van der Waals surface area contributed by atoms with Gasteiger partial charge in [-0.3, -0.25) is 0 Å². The van der Waals surface area contributed by atoms with Crippen LogP contribution >= 0.6 is 0 Å². The van der Waals surface area contributed by atoms with E-state index in [1.807, 2.05) is 0 Å². The Balaban J connectivity index is 2.13. The molecular weight excluding hydrogens is 276 g/mol. The Morgan fingerprint density at radius 3 is 2.55 bits per heavy atom. The summed E-state index contributed by atoms with van der Waals surface area (Å²) < 4.78 is 1.17. The summed E-state index contributed by atoms with van der Waals surface area (Å²) >= 11 is 0. The molecule has 126 valence electrons. The maximum absolute atomic E-state index is 5.85. The van der Waals surface area contributed by atoms with Gasteiger partial charge in [-0.05, 0) is 19.4 Å². The minimum absolute atomic E-state index is 0.588. The Morgan fingerprint density at radius 2 is 1.91 bits per heavy atom. The minimum Gasteiger partial charge on any atom is -0.397 e. The van der Waals surface area contributed by atoms with Crippen molar-refractivity contribution in [2.24, 2.45) is 0 Å². The first-order chi connectivity index (χ1) is 10.5. The van der Waals surface area contributed by atoms with Gasteiger partial charge < -0.3 is 26.6 Å². The van der Waals surface area contributed by atoms with Gasteiger partial charge >= 0.3 is 0 Å².